The summed E-state index contributed by atoms with van der Waals surface area (Å²) in [6.45, 7) is 0.0474. The summed E-state index contributed by atoms with van der Waals surface area (Å²) in [4.78, 5) is 24.2. The summed E-state index contributed by atoms with van der Waals surface area (Å²) in [6, 6.07) is 14.1. The quantitative estimate of drug-likeness (QED) is 0.762. The Morgan fingerprint density at radius 3 is 2.64 bits per heavy atom. The number of hydrogen-bond acceptors (Lipinski definition) is 4. The molecule has 7 heteroatoms. The van der Waals surface area contributed by atoms with Crippen LogP contribution in [0.15, 0.2) is 53.6 Å². The second kappa shape index (κ2) is 7.68. The fourth-order valence-electron chi connectivity index (χ4n) is 2.40. The molecule has 0 saturated heterocycles. The number of amides is 1. The van der Waals surface area contributed by atoms with E-state index in [4.69, 9.17) is 27.9 Å². The van der Waals surface area contributed by atoms with E-state index < -0.39 is 18.5 Å². The first-order valence-electron chi connectivity index (χ1n) is 7.60. The van der Waals surface area contributed by atoms with Gasteiger partial charge in [-0.15, -0.1) is 0 Å². The maximum atomic E-state index is 12.2. The highest BCUT2D eigenvalue weighted by Crippen LogP contribution is 2.21. The standard InChI is InChI=1S/C18H14Cl2N2O3/c19-13-6-7-15(20)14(10-13)18(24)25-11-17(23)22-9-8-16(21-22)12-4-2-1-3-5-12/h1-7,10H,8-9,11H2. The van der Waals surface area contributed by atoms with Gasteiger partial charge in [0.1, 0.15) is 0 Å². The lowest BCUT2D eigenvalue weighted by Gasteiger charge is -2.12. The van der Waals surface area contributed by atoms with Crippen LogP contribution in [0.4, 0.5) is 0 Å². The molecule has 0 bridgehead atoms. The fourth-order valence-corrected chi connectivity index (χ4v) is 2.77. The summed E-state index contributed by atoms with van der Waals surface area (Å²) in [5, 5.41) is 6.19. The van der Waals surface area contributed by atoms with E-state index in [1.807, 2.05) is 30.3 Å². The van der Waals surface area contributed by atoms with E-state index >= 15 is 0 Å². The Hall–Kier alpha value is -2.37. The van der Waals surface area contributed by atoms with Crippen LogP contribution < -0.4 is 0 Å². The van der Waals surface area contributed by atoms with Crippen molar-refractivity contribution in [1.82, 2.24) is 5.01 Å². The Balaban J connectivity index is 1.61. The normalized spacial score (nSPS) is 13.5. The van der Waals surface area contributed by atoms with Gasteiger partial charge in [-0.3, -0.25) is 4.79 Å². The summed E-state index contributed by atoms with van der Waals surface area (Å²) >= 11 is 11.8. The van der Waals surface area contributed by atoms with E-state index in [1.54, 1.807) is 6.07 Å². The number of carbonyl (C=O) groups excluding carboxylic acids is 2. The van der Waals surface area contributed by atoms with Gasteiger partial charge in [0.2, 0.25) is 0 Å². The Labute approximate surface area is 154 Å². The predicted molar refractivity (Wildman–Crippen MR) is 96.1 cm³/mol. The molecule has 0 radical (unpaired) electrons. The van der Waals surface area contributed by atoms with Crippen molar-refractivity contribution in [1.29, 1.82) is 0 Å². The van der Waals surface area contributed by atoms with E-state index in [9.17, 15) is 9.59 Å². The summed E-state index contributed by atoms with van der Waals surface area (Å²) < 4.78 is 5.04. The second-order valence-corrected chi connectivity index (χ2v) is 6.22. The third-order valence-corrected chi connectivity index (χ3v) is 4.24. The lowest BCUT2D eigenvalue weighted by Crippen LogP contribution is -2.28. The van der Waals surface area contributed by atoms with Crippen LogP contribution in [0.25, 0.3) is 0 Å². The van der Waals surface area contributed by atoms with Crippen LogP contribution in [0.2, 0.25) is 10.0 Å². The van der Waals surface area contributed by atoms with Gasteiger partial charge in [0.05, 0.1) is 22.8 Å². The predicted octanol–water partition coefficient (Wildman–Crippen LogP) is 3.79. The number of halogens is 2. The summed E-state index contributed by atoms with van der Waals surface area (Å²) in [5.41, 5.74) is 1.93. The van der Waals surface area contributed by atoms with Gasteiger partial charge < -0.3 is 4.74 Å². The molecule has 25 heavy (non-hydrogen) atoms. The van der Waals surface area contributed by atoms with Gasteiger partial charge in [-0.25, -0.2) is 9.80 Å². The maximum Gasteiger partial charge on any atom is 0.340 e. The molecule has 3 rings (SSSR count). The van der Waals surface area contributed by atoms with Gasteiger partial charge in [-0.05, 0) is 23.8 Å². The molecule has 0 fully saturated rings. The highest BCUT2D eigenvalue weighted by molar-refractivity contribution is 6.35. The van der Waals surface area contributed by atoms with Gasteiger partial charge in [-0.1, -0.05) is 53.5 Å². The minimum absolute atomic E-state index is 0.122. The van der Waals surface area contributed by atoms with Crippen molar-refractivity contribution < 1.29 is 14.3 Å². The zero-order chi connectivity index (χ0) is 17.8. The van der Waals surface area contributed by atoms with Crippen molar-refractivity contribution in [2.45, 2.75) is 6.42 Å². The van der Waals surface area contributed by atoms with Crippen LogP contribution in [-0.2, 0) is 9.53 Å². The fraction of sp³-hybridized carbons (Fsp3) is 0.167. The third-order valence-electron chi connectivity index (χ3n) is 3.67. The molecular weight excluding hydrogens is 363 g/mol. The first-order chi connectivity index (χ1) is 12.0. The summed E-state index contributed by atoms with van der Waals surface area (Å²) in [7, 11) is 0. The van der Waals surface area contributed by atoms with Crippen LogP contribution in [0.3, 0.4) is 0 Å². The smallest absolute Gasteiger partial charge is 0.340 e. The van der Waals surface area contributed by atoms with Crippen molar-refractivity contribution in [2.75, 3.05) is 13.2 Å². The van der Waals surface area contributed by atoms with Crippen LogP contribution in [-0.4, -0.2) is 35.7 Å². The van der Waals surface area contributed by atoms with E-state index in [0.29, 0.717) is 18.0 Å². The van der Waals surface area contributed by atoms with Gasteiger partial charge in [-0.2, -0.15) is 5.10 Å². The molecule has 0 spiro atoms. The van der Waals surface area contributed by atoms with Crippen molar-refractivity contribution in [3.8, 4) is 0 Å². The Morgan fingerprint density at radius 1 is 1.12 bits per heavy atom. The van der Waals surface area contributed by atoms with Crippen LogP contribution >= 0.6 is 23.2 Å². The van der Waals surface area contributed by atoms with Crippen molar-refractivity contribution in [3.63, 3.8) is 0 Å². The highest BCUT2D eigenvalue weighted by Gasteiger charge is 2.23. The molecule has 1 heterocycles. The summed E-state index contributed by atoms with van der Waals surface area (Å²) in [6.07, 6.45) is 0.657. The van der Waals surface area contributed by atoms with Gasteiger partial charge >= 0.3 is 5.97 Å². The maximum absolute atomic E-state index is 12.2. The minimum Gasteiger partial charge on any atom is -0.452 e. The number of ether oxygens (including phenoxy) is 1. The third kappa shape index (κ3) is 4.18. The first kappa shape index (κ1) is 17.5. The SMILES string of the molecule is O=C(OCC(=O)N1CCC(c2ccccc2)=N1)c1cc(Cl)ccc1Cl. The Bertz CT molecular complexity index is 837. The molecule has 5 nitrogen and oxygen atoms in total. The van der Waals surface area contributed by atoms with Gasteiger partial charge in [0, 0.05) is 11.4 Å². The number of hydrogen-bond donors (Lipinski definition) is 0. The van der Waals surface area contributed by atoms with Crippen molar-refractivity contribution in [2.24, 2.45) is 5.10 Å². The molecule has 0 N–H and O–H groups in total. The molecule has 2 aromatic carbocycles. The number of benzene rings is 2. The van der Waals surface area contributed by atoms with Crippen LogP contribution in [0, 0.1) is 0 Å². The van der Waals surface area contributed by atoms with E-state index in [0.717, 1.165) is 11.3 Å². The molecule has 0 saturated carbocycles. The van der Waals surface area contributed by atoms with Gasteiger partial charge in [0.15, 0.2) is 6.61 Å². The van der Waals surface area contributed by atoms with Crippen molar-refractivity contribution >= 4 is 40.8 Å². The Kier molecular flexibility index (Phi) is 5.36. The number of hydrazone groups is 1. The molecule has 0 unspecified atom stereocenters. The number of nitrogens with zero attached hydrogens (tertiary/aromatic N) is 2. The molecule has 0 aliphatic carbocycles. The number of carbonyl (C=O) groups is 2. The van der Waals surface area contributed by atoms with E-state index in [1.165, 1.54) is 17.1 Å². The highest BCUT2D eigenvalue weighted by atomic mass is 35.5. The second-order valence-electron chi connectivity index (χ2n) is 5.38. The average Bonchev–Trinajstić information content (AvgIpc) is 3.12. The molecule has 1 aliphatic rings. The summed E-state index contributed by atoms with van der Waals surface area (Å²) in [5.74, 6) is -1.09. The lowest BCUT2D eigenvalue weighted by molar-refractivity contribution is -0.134. The molecule has 2 aromatic rings. The topological polar surface area (TPSA) is 59.0 Å². The molecular formula is C18H14Cl2N2O3. The monoisotopic (exact) mass is 376 g/mol. The van der Waals surface area contributed by atoms with Crippen LogP contribution in [0.1, 0.15) is 22.3 Å². The molecule has 0 aromatic heterocycles. The largest absolute Gasteiger partial charge is 0.452 e. The average molecular weight is 377 g/mol. The molecule has 1 aliphatic heterocycles. The van der Waals surface area contributed by atoms with E-state index in [2.05, 4.69) is 5.10 Å². The van der Waals surface area contributed by atoms with Gasteiger partial charge in [0.25, 0.3) is 5.91 Å². The molecule has 128 valence electrons. The number of esters is 1. The number of rotatable bonds is 4. The molecule has 0 atom stereocenters. The minimum atomic E-state index is -0.702. The zero-order valence-electron chi connectivity index (χ0n) is 13.1. The Morgan fingerprint density at radius 2 is 1.88 bits per heavy atom. The first-order valence-corrected chi connectivity index (χ1v) is 8.35. The molecule has 1 amide bonds. The zero-order valence-corrected chi connectivity index (χ0v) is 14.6. The van der Waals surface area contributed by atoms with E-state index in [-0.39, 0.29) is 10.6 Å². The van der Waals surface area contributed by atoms with Crippen molar-refractivity contribution in [3.05, 3.63) is 69.7 Å². The lowest BCUT2D eigenvalue weighted by atomic mass is 10.1. The van der Waals surface area contributed by atoms with Crippen LogP contribution in [0.5, 0.6) is 0 Å².